The minimum atomic E-state index is -1.40. The predicted octanol–water partition coefficient (Wildman–Crippen LogP) is 7.07. The summed E-state index contributed by atoms with van der Waals surface area (Å²) in [6.07, 6.45) is 9.35. The average Bonchev–Trinajstić information content (AvgIpc) is 3.62. The van der Waals surface area contributed by atoms with Crippen molar-refractivity contribution in [2.24, 2.45) is 51.5 Å². The molecule has 0 aromatic heterocycles. The van der Waals surface area contributed by atoms with Gasteiger partial charge in [-0.15, -0.1) is 0 Å². The van der Waals surface area contributed by atoms with E-state index in [4.69, 9.17) is 34.0 Å². The highest BCUT2D eigenvalue weighted by molar-refractivity contribution is 5.97. The van der Waals surface area contributed by atoms with Crippen molar-refractivity contribution in [1.82, 2.24) is 5.32 Å². The normalized spacial score (nSPS) is 28.2. The Kier molecular flexibility index (Phi) is 19.0. The van der Waals surface area contributed by atoms with Gasteiger partial charge in [-0.05, 0) is 128 Å². The molecule has 0 radical (unpaired) electrons. The summed E-state index contributed by atoms with van der Waals surface area (Å²) in [6, 6.07) is 3.47. The van der Waals surface area contributed by atoms with Crippen LogP contribution in [-0.4, -0.2) is 112 Å². The van der Waals surface area contributed by atoms with E-state index in [1.165, 1.54) is 37.1 Å². The van der Waals surface area contributed by atoms with Crippen LogP contribution in [0.1, 0.15) is 108 Å². The van der Waals surface area contributed by atoms with E-state index in [2.05, 4.69) is 36.1 Å². The Bertz CT molecular complexity index is 1740. The monoisotopic (exact) mass is 885 g/mol. The van der Waals surface area contributed by atoms with Gasteiger partial charge in [0.25, 0.3) is 11.6 Å². The molecule has 1 aromatic rings. The van der Waals surface area contributed by atoms with Crippen molar-refractivity contribution in [3.05, 3.63) is 50.4 Å². The van der Waals surface area contributed by atoms with Crippen LogP contribution < -0.4 is 5.32 Å². The number of aliphatic carboxylic acids is 1. The molecule has 0 saturated heterocycles. The topological polar surface area (TPSA) is 248 Å². The fourth-order valence-corrected chi connectivity index (χ4v) is 11.6. The molecule has 350 valence electrons. The van der Waals surface area contributed by atoms with Crippen LogP contribution in [0, 0.1) is 56.5 Å². The van der Waals surface area contributed by atoms with Crippen molar-refractivity contribution >= 4 is 29.5 Å². The van der Waals surface area contributed by atoms with Gasteiger partial charge in [-0.1, -0.05) is 25.9 Å². The van der Waals surface area contributed by atoms with Gasteiger partial charge in [0.05, 0.1) is 64.2 Å². The number of carbonyl (C=O) groups is 4. The maximum atomic E-state index is 13.4. The number of nitro groups is 1. The van der Waals surface area contributed by atoms with Crippen molar-refractivity contribution in [3.8, 4) is 0 Å². The van der Waals surface area contributed by atoms with Crippen LogP contribution in [0.15, 0.2) is 29.4 Å². The number of carbonyl (C=O) groups excluding carboxylic acids is 3. The van der Waals surface area contributed by atoms with E-state index in [9.17, 15) is 34.4 Å². The van der Waals surface area contributed by atoms with Crippen molar-refractivity contribution < 1.29 is 57.6 Å². The van der Waals surface area contributed by atoms with Crippen LogP contribution in [0.3, 0.4) is 0 Å². The van der Waals surface area contributed by atoms with Crippen LogP contribution in [0.2, 0.25) is 0 Å². The fourth-order valence-electron chi connectivity index (χ4n) is 11.6. The summed E-state index contributed by atoms with van der Waals surface area (Å²) in [7, 11) is 0. The van der Waals surface area contributed by atoms with Crippen LogP contribution >= 0.6 is 0 Å². The third-order valence-electron chi connectivity index (χ3n) is 14.8. The number of carboxylic acids is 1. The maximum absolute atomic E-state index is 13.4. The van der Waals surface area contributed by atoms with Crippen LogP contribution in [-0.2, 0) is 42.8 Å². The number of azide groups is 1. The number of nitrogens with zero attached hydrogens (tertiary/aromatic N) is 4. The van der Waals surface area contributed by atoms with Gasteiger partial charge in [0, 0.05) is 35.6 Å². The number of fused-ring (bicyclic) bond motifs is 5. The number of amides is 1. The first-order valence-corrected chi connectivity index (χ1v) is 22.7. The van der Waals surface area contributed by atoms with Gasteiger partial charge >= 0.3 is 17.9 Å². The standard InChI is InChI=1S/C45H67N5O13/c1-30(4-13-41(53)62-27-26-61-25-24-60-23-22-59-21-20-58-19-18-47-49-46)36-11-12-37-35-10-7-32-28-34(14-16-44(32,2)38(35)15-17-45(36,37)3)63-43(55)39(29-40(51)52)48-42(54)31-5-8-33(9-6-31)50(56)57/h5-6,8-9,30,32,34-39H,4,7,10-29H2,1-3H3,(H,48,54)(H,51,52)/t30-,32-,34-,35+,36?,37+,38+,39+,44+,45-/m1/s1. The molecule has 1 aromatic carbocycles. The summed E-state index contributed by atoms with van der Waals surface area (Å²) < 4.78 is 33.1. The Labute approximate surface area is 369 Å². The number of benzene rings is 1. The molecule has 0 aliphatic heterocycles. The first-order chi connectivity index (χ1) is 30.3. The molecule has 10 atom stereocenters. The van der Waals surface area contributed by atoms with Crippen molar-refractivity contribution in [3.63, 3.8) is 0 Å². The lowest BCUT2D eigenvalue weighted by molar-refractivity contribution is -0.384. The number of non-ortho nitro benzene ring substituents is 1. The summed E-state index contributed by atoms with van der Waals surface area (Å²) in [6.45, 7) is 11.0. The lowest BCUT2D eigenvalue weighted by Gasteiger charge is -2.61. The zero-order valence-corrected chi connectivity index (χ0v) is 37.1. The molecule has 5 rings (SSSR count). The second-order valence-corrected chi connectivity index (χ2v) is 18.3. The fraction of sp³-hybridized carbons (Fsp3) is 0.778. The van der Waals surface area contributed by atoms with E-state index < -0.39 is 35.2 Å². The Morgan fingerprint density at radius 2 is 1.49 bits per heavy atom. The highest BCUT2D eigenvalue weighted by Gasteiger charge is 2.60. The number of nitrogens with one attached hydrogen (secondary N) is 1. The molecule has 63 heavy (non-hydrogen) atoms. The van der Waals surface area contributed by atoms with Gasteiger partial charge in [-0.25, -0.2) is 4.79 Å². The lowest BCUT2D eigenvalue weighted by Crippen LogP contribution is -2.54. The zero-order chi connectivity index (χ0) is 45.4. The van der Waals surface area contributed by atoms with Gasteiger partial charge in [0.1, 0.15) is 18.8 Å². The summed E-state index contributed by atoms with van der Waals surface area (Å²) in [5.41, 5.74) is 8.43. The van der Waals surface area contributed by atoms with Gasteiger partial charge in [-0.3, -0.25) is 24.5 Å². The number of carboxylic acid groups (broad SMARTS) is 1. The molecule has 2 N–H and O–H groups in total. The number of esters is 2. The number of hydrogen-bond donors (Lipinski definition) is 2. The Balaban J connectivity index is 0.995. The Morgan fingerprint density at radius 3 is 2.13 bits per heavy atom. The van der Waals surface area contributed by atoms with E-state index >= 15 is 0 Å². The highest BCUT2D eigenvalue weighted by atomic mass is 16.6. The molecule has 1 amide bonds. The molecule has 4 aliphatic carbocycles. The van der Waals surface area contributed by atoms with E-state index in [1.807, 2.05) is 0 Å². The van der Waals surface area contributed by atoms with Crippen LogP contribution in [0.4, 0.5) is 5.69 Å². The molecule has 18 nitrogen and oxygen atoms in total. The third kappa shape index (κ3) is 13.6. The lowest BCUT2D eigenvalue weighted by atomic mass is 9.44. The largest absolute Gasteiger partial charge is 0.481 e. The minimum absolute atomic E-state index is 0.0681. The molecule has 4 saturated carbocycles. The zero-order valence-electron chi connectivity index (χ0n) is 37.1. The minimum Gasteiger partial charge on any atom is -0.481 e. The summed E-state index contributed by atoms with van der Waals surface area (Å²) in [5, 5.41) is 26.4. The number of nitro benzene ring substituents is 1. The first kappa shape index (κ1) is 49.7. The molecular formula is C45H67N5O13. The molecule has 18 heteroatoms. The van der Waals surface area contributed by atoms with E-state index in [-0.39, 0.29) is 40.8 Å². The number of ether oxygens (including phenoxy) is 6. The maximum Gasteiger partial charge on any atom is 0.329 e. The second kappa shape index (κ2) is 24.1. The Hall–Kier alpha value is -4.35. The van der Waals surface area contributed by atoms with Gasteiger partial charge in [0.2, 0.25) is 0 Å². The Morgan fingerprint density at radius 1 is 0.873 bits per heavy atom. The van der Waals surface area contributed by atoms with E-state index in [0.29, 0.717) is 114 Å². The predicted molar refractivity (Wildman–Crippen MR) is 228 cm³/mol. The molecule has 4 fully saturated rings. The third-order valence-corrected chi connectivity index (χ3v) is 14.8. The van der Waals surface area contributed by atoms with Gasteiger partial charge in [0.15, 0.2) is 0 Å². The van der Waals surface area contributed by atoms with Crippen molar-refractivity contribution in [2.45, 2.75) is 110 Å². The second-order valence-electron chi connectivity index (χ2n) is 18.3. The van der Waals surface area contributed by atoms with Crippen molar-refractivity contribution in [1.29, 1.82) is 0 Å². The average molecular weight is 886 g/mol. The molecule has 0 spiro atoms. The summed E-state index contributed by atoms with van der Waals surface area (Å²) in [5.74, 6) is 0.219. The highest BCUT2D eigenvalue weighted by Crippen LogP contribution is 2.68. The van der Waals surface area contributed by atoms with Crippen LogP contribution in [0.5, 0.6) is 0 Å². The van der Waals surface area contributed by atoms with E-state index in [1.54, 1.807) is 0 Å². The van der Waals surface area contributed by atoms with Crippen molar-refractivity contribution in [2.75, 3.05) is 66.0 Å². The summed E-state index contributed by atoms with van der Waals surface area (Å²) >= 11 is 0. The smallest absolute Gasteiger partial charge is 0.329 e. The first-order valence-electron chi connectivity index (χ1n) is 22.7. The molecule has 1 unspecified atom stereocenters. The number of hydrogen-bond acceptors (Lipinski definition) is 13. The molecular weight excluding hydrogens is 819 g/mol. The van der Waals surface area contributed by atoms with Gasteiger partial charge < -0.3 is 38.8 Å². The summed E-state index contributed by atoms with van der Waals surface area (Å²) in [4.78, 5) is 63.7. The van der Waals surface area contributed by atoms with Crippen LogP contribution in [0.25, 0.3) is 10.4 Å². The SMILES string of the molecule is C[C@H](CCC(=O)OCCOCCOCCOCCOCCN=[N+]=[N-])C1CC[C@H]2[C@@H]3CC[C@@H]4C[C@H](OC(=O)[C@H](CC(=O)O)NC(=O)c5ccc([N+](=O)[O-])cc5)CC[C@]4(C)[C@H]3CC[C@]12C. The quantitative estimate of drug-likeness (QED) is 0.0180. The molecule has 4 aliphatic rings. The van der Waals surface area contributed by atoms with Gasteiger partial charge in [-0.2, -0.15) is 0 Å². The molecule has 0 bridgehead atoms. The number of rotatable bonds is 26. The van der Waals surface area contributed by atoms with E-state index in [0.717, 1.165) is 38.5 Å². The molecule has 0 heterocycles.